The van der Waals surface area contributed by atoms with Crippen LogP contribution in [0.1, 0.15) is 10.5 Å². The number of aromatic nitrogens is 1. The van der Waals surface area contributed by atoms with Crippen molar-refractivity contribution in [1.82, 2.24) is 4.98 Å². The van der Waals surface area contributed by atoms with Gasteiger partial charge in [0.2, 0.25) is 0 Å². The van der Waals surface area contributed by atoms with Gasteiger partial charge in [-0.2, -0.15) is 0 Å². The molecule has 0 aliphatic carbocycles. The summed E-state index contributed by atoms with van der Waals surface area (Å²) in [5.41, 5.74) is 1.73. The Morgan fingerprint density at radius 1 is 1.38 bits per heavy atom. The number of rotatable bonds is 2. The van der Waals surface area contributed by atoms with Crippen molar-refractivity contribution < 1.29 is 4.79 Å². The predicted octanol–water partition coefficient (Wildman–Crippen LogP) is 2.79. The second-order valence-electron chi connectivity index (χ2n) is 2.83. The van der Waals surface area contributed by atoms with Crippen molar-refractivity contribution in [2.24, 2.45) is 0 Å². The highest BCUT2D eigenvalue weighted by atomic mass is 127. The zero-order valence-electron chi connectivity index (χ0n) is 6.88. The lowest BCUT2D eigenvalue weighted by molar-refractivity contribution is 0.102. The number of ketones is 1. The number of fused-ring (bicyclic) bond motifs is 1. The molecule has 2 aromatic rings. The molecule has 66 valence electrons. The van der Waals surface area contributed by atoms with Crippen molar-refractivity contribution in [3.63, 3.8) is 0 Å². The van der Waals surface area contributed by atoms with Crippen LogP contribution in [0.25, 0.3) is 10.9 Å². The summed E-state index contributed by atoms with van der Waals surface area (Å²) < 4.78 is 0.518. The molecule has 2 rings (SSSR count). The number of hydrogen-bond acceptors (Lipinski definition) is 1. The molecule has 0 radical (unpaired) electrons. The summed E-state index contributed by atoms with van der Waals surface area (Å²) in [6, 6.07) is 9.79. The quantitative estimate of drug-likeness (QED) is 0.513. The smallest absolute Gasteiger partial charge is 0.188 e. The topological polar surface area (TPSA) is 32.9 Å². The standard InChI is InChI=1S/C10H8INO/c11-6-10(13)9-5-7-3-1-2-4-8(7)12-9/h1-5,12H,6H2. The molecule has 0 amide bonds. The second-order valence-corrected chi connectivity index (χ2v) is 3.59. The predicted molar refractivity (Wildman–Crippen MR) is 61.5 cm³/mol. The van der Waals surface area contributed by atoms with Crippen LogP contribution >= 0.6 is 22.6 Å². The van der Waals surface area contributed by atoms with Gasteiger partial charge in [-0.3, -0.25) is 4.79 Å². The van der Waals surface area contributed by atoms with Crippen LogP contribution in [0.15, 0.2) is 30.3 Å². The van der Waals surface area contributed by atoms with Crippen molar-refractivity contribution in [2.75, 3.05) is 4.43 Å². The number of hydrogen-bond donors (Lipinski definition) is 1. The SMILES string of the molecule is O=C(CI)c1cc2ccccc2[nH]1. The summed E-state index contributed by atoms with van der Waals surface area (Å²) in [5.74, 6) is 0.150. The number of nitrogens with one attached hydrogen (secondary N) is 1. The van der Waals surface area contributed by atoms with Gasteiger partial charge >= 0.3 is 0 Å². The van der Waals surface area contributed by atoms with Crippen molar-refractivity contribution in [3.8, 4) is 0 Å². The van der Waals surface area contributed by atoms with Crippen molar-refractivity contribution in [3.05, 3.63) is 36.0 Å². The number of aromatic amines is 1. The Morgan fingerprint density at radius 2 is 2.15 bits per heavy atom. The van der Waals surface area contributed by atoms with Crippen LogP contribution in [0.4, 0.5) is 0 Å². The Hall–Kier alpha value is -0.840. The number of benzene rings is 1. The number of H-pyrrole nitrogens is 1. The maximum Gasteiger partial charge on any atom is 0.188 e. The maximum absolute atomic E-state index is 11.3. The molecule has 0 fully saturated rings. The molecular weight excluding hydrogens is 277 g/mol. The van der Waals surface area contributed by atoms with E-state index in [1.807, 2.05) is 30.3 Å². The summed E-state index contributed by atoms with van der Waals surface area (Å²) >= 11 is 2.07. The summed E-state index contributed by atoms with van der Waals surface area (Å²) in [4.78, 5) is 14.4. The van der Waals surface area contributed by atoms with E-state index in [-0.39, 0.29) is 5.78 Å². The van der Waals surface area contributed by atoms with Gasteiger partial charge in [-0.05, 0) is 12.1 Å². The molecule has 3 heteroatoms. The number of alkyl halides is 1. The fourth-order valence-corrected chi connectivity index (χ4v) is 1.71. The fourth-order valence-electron chi connectivity index (χ4n) is 1.30. The molecule has 0 aliphatic rings. The Kier molecular flexibility index (Phi) is 2.35. The van der Waals surface area contributed by atoms with E-state index in [0.29, 0.717) is 10.1 Å². The summed E-state index contributed by atoms with van der Waals surface area (Å²) in [5, 5.41) is 1.09. The van der Waals surface area contributed by atoms with Crippen LogP contribution in [-0.2, 0) is 0 Å². The highest BCUT2D eigenvalue weighted by Gasteiger charge is 2.06. The van der Waals surface area contributed by atoms with Crippen molar-refractivity contribution in [1.29, 1.82) is 0 Å². The molecule has 2 nitrogen and oxygen atoms in total. The van der Waals surface area contributed by atoms with Gasteiger partial charge in [0.05, 0.1) is 10.1 Å². The van der Waals surface area contributed by atoms with Crippen LogP contribution < -0.4 is 0 Å². The first-order valence-electron chi connectivity index (χ1n) is 3.98. The average molecular weight is 285 g/mol. The molecule has 1 aromatic heterocycles. The minimum Gasteiger partial charge on any atom is -0.352 e. The van der Waals surface area contributed by atoms with Crippen LogP contribution in [0.2, 0.25) is 0 Å². The zero-order chi connectivity index (χ0) is 9.26. The molecule has 1 N–H and O–H groups in total. The van der Waals surface area contributed by atoms with Crippen molar-refractivity contribution >= 4 is 39.3 Å². The van der Waals surface area contributed by atoms with E-state index in [0.717, 1.165) is 10.9 Å². The zero-order valence-corrected chi connectivity index (χ0v) is 9.04. The van der Waals surface area contributed by atoms with Gasteiger partial charge in [0.15, 0.2) is 5.78 Å². The monoisotopic (exact) mass is 285 g/mol. The van der Waals surface area contributed by atoms with Gasteiger partial charge in [0.1, 0.15) is 0 Å². The van der Waals surface area contributed by atoms with Crippen LogP contribution in [0.5, 0.6) is 0 Å². The molecule has 0 saturated heterocycles. The number of para-hydroxylation sites is 1. The van der Waals surface area contributed by atoms with E-state index in [1.54, 1.807) is 0 Å². The van der Waals surface area contributed by atoms with E-state index in [2.05, 4.69) is 27.6 Å². The van der Waals surface area contributed by atoms with E-state index in [1.165, 1.54) is 0 Å². The third-order valence-electron chi connectivity index (χ3n) is 1.95. The largest absolute Gasteiger partial charge is 0.352 e. The highest BCUT2D eigenvalue weighted by Crippen LogP contribution is 2.15. The number of Topliss-reactive ketones (excluding diaryl/α,β-unsaturated/α-hetero) is 1. The van der Waals surface area contributed by atoms with E-state index in [9.17, 15) is 4.79 Å². The Morgan fingerprint density at radius 3 is 2.85 bits per heavy atom. The molecule has 0 spiro atoms. The van der Waals surface area contributed by atoms with E-state index < -0.39 is 0 Å². The second kappa shape index (κ2) is 3.49. The number of carbonyl (C=O) groups excluding carboxylic acids is 1. The normalized spacial score (nSPS) is 10.5. The van der Waals surface area contributed by atoms with Crippen LogP contribution in [0.3, 0.4) is 0 Å². The van der Waals surface area contributed by atoms with E-state index >= 15 is 0 Å². The van der Waals surface area contributed by atoms with Gasteiger partial charge in [-0.15, -0.1) is 0 Å². The molecule has 0 bridgehead atoms. The van der Waals surface area contributed by atoms with Gasteiger partial charge in [0, 0.05) is 10.9 Å². The Balaban J connectivity index is 2.56. The van der Waals surface area contributed by atoms with Gasteiger partial charge in [0.25, 0.3) is 0 Å². The molecule has 0 saturated carbocycles. The fraction of sp³-hybridized carbons (Fsp3) is 0.100. The Bertz CT molecular complexity index is 414. The van der Waals surface area contributed by atoms with Crippen LogP contribution in [0, 0.1) is 0 Å². The highest BCUT2D eigenvalue weighted by molar-refractivity contribution is 14.1. The average Bonchev–Trinajstić information content (AvgIpc) is 2.59. The lowest BCUT2D eigenvalue weighted by Crippen LogP contribution is -1.98. The third kappa shape index (κ3) is 1.60. The van der Waals surface area contributed by atoms with Crippen molar-refractivity contribution in [2.45, 2.75) is 0 Å². The van der Waals surface area contributed by atoms with E-state index in [4.69, 9.17) is 0 Å². The maximum atomic E-state index is 11.3. The lowest BCUT2D eigenvalue weighted by atomic mass is 10.2. The molecule has 0 aliphatic heterocycles. The first-order valence-corrected chi connectivity index (χ1v) is 5.51. The lowest BCUT2D eigenvalue weighted by Gasteiger charge is -1.88. The van der Waals surface area contributed by atoms with Crippen LogP contribution in [-0.4, -0.2) is 15.2 Å². The molecular formula is C10H8INO. The summed E-state index contributed by atoms with van der Waals surface area (Å²) in [7, 11) is 0. The minimum absolute atomic E-state index is 0.150. The minimum atomic E-state index is 0.150. The molecule has 1 aromatic carbocycles. The molecule has 0 unspecified atom stereocenters. The Labute approximate surface area is 89.5 Å². The number of carbonyl (C=O) groups is 1. The first-order chi connectivity index (χ1) is 6.31. The molecule has 13 heavy (non-hydrogen) atoms. The number of halogens is 1. The third-order valence-corrected chi connectivity index (χ3v) is 2.64. The summed E-state index contributed by atoms with van der Waals surface area (Å²) in [6.07, 6.45) is 0. The van der Waals surface area contributed by atoms with Gasteiger partial charge in [-0.1, -0.05) is 40.8 Å². The molecule has 1 heterocycles. The summed E-state index contributed by atoms with van der Waals surface area (Å²) in [6.45, 7) is 0. The first kappa shape index (κ1) is 8.74. The van der Waals surface area contributed by atoms with Gasteiger partial charge < -0.3 is 4.98 Å². The van der Waals surface area contributed by atoms with Gasteiger partial charge in [-0.25, -0.2) is 0 Å². The molecule has 0 atom stereocenters.